The summed E-state index contributed by atoms with van der Waals surface area (Å²) in [5, 5.41) is 13.2. The van der Waals surface area contributed by atoms with Crippen LogP contribution in [0.25, 0.3) is 5.65 Å². The third-order valence-corrected chi connectivity index (χ3v) is 5.50. The fraction of sp³-hybridized carbons (Fsp3) is 0.0741. The van der Waals surface area contributed by atoms with E-state index < -0.39 is 0 Å². The van der Waals surface area contributed by atoms with Crippen molar-refractivity contribution in [3.63, 3.8) is 0 Å². The number of carbonyl (C=O) groups excluding carboxylic acids is 1. The van der Waals surface area contributed by atoms with Gasteiger partial charge in [-0.15, -0.1) is 0 Å². The van der Waals surface area contributed by atoms with E-state index in [0.717, 1.165) is 28.0 Å². The smallest absolute Gasteiger partial charge is 0.255 e. The molecule has 3 heterocycles. The number of phenols is 1. The zero-order chi connectivity index (χ0) is 23.5. The molecule has 0 bridgehead atoms. The minimum atomic E-state index is -0.278. The maximum Gasteiger partial charge on any atom is 0.255 e. The molecule has 5 aromatic rings. The highest BCUT2D eigenvalue weighted by Gasteiger charge is 2.10. The fourth-order valence-electron chi connectivity index (χ4n) is 3.61. The molecule has 3 aromatic heterocycles. The van der Waals surface area contributed by atoms with Crippen LogP contribution >= 0.6 is 0 Å². The van der Waals surface area contributed by atoms with Crippen LogP contribution in [0.15, 0.2) is 85.7 Å². The lowest BCUT2D eigenvalue weighted by molar-refractivity contribution is 0.102. The number of rotatable bonds is 4. The summed E-state index contributed by atoms with van der Waals surface area (Å²) in [4.78, 5) is 21.2. The van der Waals surface area contributed by atoms with Crippen LogP contribution in [-0.2, 0) is 6.54 Å². The van der Waals surface area contributed by atoms with Crippen LogP contribution in [0.3, 0.4) is 0 Å². The zero-order valence-electron chi connectivity index (χ0n) is 18.4. The first-order chi connectivity index (χ1) is 16.6. The van der Waals surface area contributed by atoms with Gasteiger partial charge in [-0.25, -0.2) is 9.97 Å². The van der Waals surface area contributed by atoms with Crippen molar-refractivity contribution in [3.05, 3.63) is 114 Å². The first kappa shape index (κ1) is 21.0. The average Bonchev–Trinajstić information content (AvgIpc) is 3.50. The number of imidazole rings is 2. The lowest BCUT2D eigenvalue weighted by Gasteiger charge is -2.10. The Morgan fingerprint density at radius 2 is 2.00 bits per heavy atom. The summed E-state index contributed by atoms with van der Waals surface area (Å²) in [5.41, 5.74) is 5.06. The first-order valence-electron chi connectivity index (χ1n) is 10.7. The molecule has 0 aliphatic heterocycles. The number of carbonyl (C=O) groups is 1. The van der Waals surface area contributed by atoms with Gasteiger partial charge in [0.15, 0.2) is 0 Å². The molecule has 0 aliphatic carbocycles. The second-order valence-corrected chi connectivity index (χ2v) is 7.88. The molecule has 0 radical (unpaired) electrons. The number of aromatic nitrogens is 4. The van der Waals surface area contributed by atoms with Crippen molar-refractivity contribution < 1.29 is 9.90 Å². The number of hydrogen-bond donors (Lipinski definition) is 2. The number of pyridine rings is 1. The molecule has 0 atom stereocenters. The minimum Gasteiger partial charge on any atom is -0.508 e. The molecule has 0 unspecified atom stereocenters. The summed E-state index contributed by atoms with van der Waals surface area (Å²) in [6, 6.07) is 16.3. The lowest BCUT2D eigenvalue weighted by Crippen LogP contribution is -2.12. The molecule has 0 saturated heterocycles. The Hall–Kier alpha value is -4.83. The molecular formula is C27H21N5O2. The summed E-state index contributed by atoms with van der Waals surface area (Å²) in [6.45, 7) is 2.45. The van der Waals surface area contributed by atoms with E-state index in [9.17, 15) is 9.90 Å². The number of hydrogen-bond acceptors (Lipinski definition) is 4. The summed E-state index contributed by atoms with van der Waals surface area (Å²) in [6.07, 6.45) is 8.84. The number of nitrogens with one attached hydrogen (secondary N) is 1. The van der Waals surface area contributed by atoms with E-state index in [2.05, 4.69) is 27.1 Å². The van der Waals surface area contributed by atoms with Crippen molar-refractivity contribution in [2.75, 3.05) is 5.32 Å². The molecule has 0 spiro atoms. The fourth-order valence-corrected chi connectivity index (χ4v) is 3.61. The van der Waals surface area contributed by atoms with Crippen LogP contribution in [0, 0.1) is 18.8 Å². The van der Waals surface area contributed by atoms with Gasteiger partial charge in [0.2, 0.25) is 0 Å². The summed E-state index contributed by atoms with van der Waals surface area (Å²) in [5.74, 6) is 6.15. The highest BCUT2D eigenvalue weighted by atomic mass is 16.3. The minimum absolute atomic E-state index is 0.106. The third-order valence-electron chi connectivity index (χ3n) is 5.50. The van der Waals surface area contributed by atoms with E-state index in [4.69, 9.17) is 0 Å². The number of aromatic hydroxyl groups is 1. The molecule has 2 aromatic carbocycles. The molecule has 2 N–H and O–H groups in total. The predicted molar refractivity (Wildman–Crippen MR) is 130 cm³/mol. The molecule has 7 heteroatoms. The van der Waals surface area contributed by atoms with Crippen molar-refractivity contribution in [3.8, 4) is 17.6 Å². The monoisotopic (exact) mass is 447 g/mol. The molecule has 1 amide bonds. The first-order valence-corrected chi connectivity index (χ1v) is 10.7. The van der Waals surface area contributed by atoms with Crippen LogP contribution < -0.4 is 5.32 Å². The van der Waals surface area contributed by atoms with E-state index >= 15 is 0 Å². The van der Waals surface area contributed by atoms with E-state index in [1.807, 2.05) is 52.6 Å². The van der Waals surface area contributed by atoms with Crippen molar-refractivity contribution in [2.45, 2.75) is 13.5 Å². The van der Waals surface area contributed by atoms with Crippen LogP contribution in [0.1, 0.15) is 32.7 Å². The molecular weight excluding hydrogens is 426 g/mol. The summed E-state index contributed by atoms with van der Waals surface area (Å²) >= 11 is 0. The van der Waals surface area contributed by atoms with Gasteiger partial charge < -0.3 is 15.0 Å². The lowest BCUT2D eigenvalue weighted by atomic mass is 10.0. The third kappa shape index (κ3) is 4.38. The van der Waals surface area contributed by atoms with E-state index in [0.29, 0.717) is 17.8 Å². The van der Waals surface area contributed by atoms with Crippen LogP contribution in [0.4, 0.5) is 5.69 Å². The Bertz CT molecular complexity index is 1560. The Balaban J connectivity index is 1.34. The Morgan fingerprint density at radius 1 is 1.09 bits per heavy atom. The Kier molecular flexibility index (Phi) is 5.55. The highest BCUT2D eigenvalue weighted by molar-refractivity contribution is 6.04. The highest BCUT2D eigenvalue weighted by Crippen LogP contribution is 2.23. The van der Waals surface area contributed by atoms with E-state index in [1.54, 1.807) is 49.1 Å². The van der Waals surface area contributed by atoms with E-state index in [-0.39, 0.29) is 11.7 Å². The molecule has 0 fully saturated rings. The summed E-state index contributed by atoms with van der Waals surface area (Å²) in [7, 11) is 0. The number of fused-ring (bicyclic) bond motifs is 1. The number of phenolic OH excluding ortho intramolecular Hbond substituents is 1. The van der Waals surface area contributed by atoms with Crippen LogP contribution in [-0.4, -0.2) is 29.9 Å². The Morgan fingerprint density at radius 3 is 2.82 bits per heavy atom. The zero-order valence-corrected chi connectivity index (χ0v) is 18.4. The topological polar surface area (TPSA) is 84.5 Å². The van der Waals surface area contributed by atoms with Gasteiger partial charge >= 0.3 is 0 Å². The van der Waals surface area contributed by atoms with Crippen LogP contribution in [0.5, 0.6) is 5.75 Å². The van der Waals surface area contributed by atoms with Crippen molar-refractivity contribution >= 4 is 17.2 Å². The van der Waals surface area contributed by atoms with Gasteiger partial charge in [0, 0.05) is 47.0 Å². The Labute approximate surface area is 196 Å². The largest absolute Gasteiger partial charge is 0.508 e. The number of aryl methyl sites for hydroxylation is 1. The maximum atomic E-state index is 12.9. The summed E-state index contributed by atoms with van der Waals surface area (Å²) < 4.78 is 3.77. The number of amides is 1. The van der Waals surface area contributed by atoms with Crippen LogP contribution in [0.2, 0.25) is 0 Å². The van der Waals surface area contributed by atoms with Gasteiger partial charge in [-0.05, 0) is 48.7 Å². The quantitative estimate of drug-likeness (QED) is 0.404. The van der Waals surface area contributed by atoms with E-state index in [1.165, 1.54) is 0 Å². The van der Waals surface area contributed by atoms with Crippen molar-refractivity contribution in [1.29, 1.82) is 0 Å². The standard InChI is InChI=1S/C27H21N5O2/c1-19-5-6-21(14-20(19)8-10-24-16-29-26-4-2-3-12-32(24)26)27(34)30-23-9-7-22(25(33)15-23)17-31-13-11-28-18-31/h2-7,9,11-16,18,33H,17H2,1H3,(H,30,34). The molecule has 5 rings (SSSR count). The van der Waals surface area contributed by atoms with Crippen molar-refractivity contribution in [1.82, 2.24) is 18.9 Å². The van der Waals surface area contributed by atoms with Gasteiger partial charge in [-0.2, -0.15) is 0 Å². The number of benzene rings is 2. The van der Waals surface area contributed by atoms with Gasteiger partial charge in [0.25, 0.3) is 5.91 Å². The molecule has 166 valence electrons. The van der Waals surface area contributed by atoms with Crippen molar-refractivity contribution in [2.24, 2.45) is 0 Å². The van der Waals surface area contributed by atoms with Gasteiger partial charge in [-0.3, -0.25) is 9.20 Å². The SMILES string of the molecule is Cc1ccc(C(=O)Nc2ccc(Cn3ccnc3)c(O)c2)cc1C#Cc1cnc2ccccn12. The second kappa shape index (κ2) is 8.96. The molecule has 0 aliphatic rings. The predicted octanol–water partition coefficient (Wildman–Crippen LogP) is 4.25. The number of anilines is 1. The molecule has 34 heavy (non-hydrogen) atoms. The normalized spacial score (nSPS) is 10.6. The van der Waals surface area contributed by atoms with Gasteiger partial charge in [-0.1, -0.05) is 24.1 Å². The molecule has 0 saturated carbocycles. The maximum absolute atomic E-state index is 12.9. The number of nitrogens with zero attached hydrogens (tertiary/aromatic N) is 4. The average molecular weight is 447 g/mol. The molecule has 7 nitrogen and oxygen atoms in total. The second-order valence-electron chi connectivity index (χ2n) is 7.88. The van der Waals surface area contributed by atoms with Gasteiger partial charge in [0.05, 0.1) is 19.1 Å². The van der Waals surface area contributed by atoms with Gasteiger partial charge in [0.1, 0.15) is 17.1 Å².